The highest BCUT2D eigenvalue weighted by atomic mass is 32.2. The van der Waals surface area contributed by atoms with Crippen LogP contribution in [0.15, 0.2) is 0 Å². The van der Waals surface area contributed by atoms with Crippen LogP contribution in [0.2, 0.25) is 0 Å². The van der Waals surface area contributed by atoms with Gasteiger partial charge in [0.15, 0.2) is 0 Å². The van der Waals surface area contributed by atoms with E-state index in [9.17, 15) is 8.42 Å². The van der Waals surface area contributed by atoms with Crippen molar-refractivity contribution in [2.24, 2.45) is 11.8 Å². The third kappa shape index (κ3) is 2.69. The molecule has 0 radical (unpaired) electrons. The quantitative estimate of drug-likeness (QED) is 0.638. The lowest BCUT2D eigenvalue weighted by Gasteiger charge is -2.17. The van der Waals surface area contributed by atoms with Crippen LogP contribution in [0.25, 0.3) is 0 Å². The molecular formula is C7H16O2S. The predicted octanol–water partition coefficient (Wildman–Crippen LogP) is 1.28. The lowest BCUT2D eigenvalue weighted by molar-refractivity contribution is 0.407. The summed E-state index contributed by atoms with van der Waals surface area (Å²) in [5.74, 6) is 0.712. The van der Waals surface area contributed by atoms with Gasteiger partial charge < -0.3 is 0 Å². The highest BCUT2D eigenvalue weighted by Gasteiger charge is 2.17. The first-order valence-electron chi connectivity index (χ1n) is 3.60. The summed E-state index contributed by atoms with van der Waals surface area (Å²) >= 11 is 0. The summed E-state index contributed by atoms with van der Waals surface area (Å²) in [6.07, 6.45) is 0. The maximum atomic E-state index is 10.5. The molecule has 10 heavy (non-hydrogen) atoms. The Morgan fingerprint density at radius 1 is 1.00 bits per heavy atom. The number of hydrogen-bond acceptors (Lipinski definition) is 2. The minimum atomic E-state index is -2.23. The summed E-state index contributed by atoms with van der Waals surface area (Å²) in [4.78, 5) is 0. The van der Waals surface area contributed by atoms with Crippen LogP contribution in [0, 0.1) is 11.8 Å². The molecule has 2 nitrogen and oxygen atoms in total. The first kappa shape index (κ1) is 9.95. The summed E-state index contributed by atoms with van der Waals surface area (Å²) in [5, 5.41) is -0.185. The molecule has 0 aromatic carbocycles. The molecule has 0 aliphatic heterocycles. The van der Waals surface area contributed by atoms with Crippen LogP contribution in [0.1, 0.15) is 27.7 Å². The summed E-state index contributed by atoms with van der Waals surface area (Å²) in [6, 6.07) is 0. The molecule has 0 fully saturated rings. The predicted molar refractivity (Wildman–Crippen MR) is 43.8 cm³/mol. The molecule has 0 spiro atoms. The molecule has 3 heteroatoms. The van der Waals surface area contributed by atoms with E-state index in [0.717, 1.165) is 0 Å². The summed E-state index contributed by atoms with van der Waals surface area (Å²) in [6.45, 7) is 7.82. The Morgan fingerprint density at radius 3 is 1.50 bits per heavy atom. The Hall–Kier alpha value is -0.0500. The third-order valence-corrected chi connectivity index (χ3v) is 3.28. The summed E-state index contributed by atoms with van der Waals surface area (Å²) < 4.78 is 21.0. The van der Waals surface area contributed by atoms with Gasteiger partial charge in [-0.25, -0.2) is 8.42 Å². The van der Waals surface area contributed by atoms with Crippen LogP contribution in [0.5, 0.6) is 0 Å². The molecule has 0 heterocycles. The van der Waals surface area contributed by atoms with E-state index in [-0.39, 0.29) is 11.2 Å². The zero-order valence-electron chi connectivity index (χ0n) is 7.00. The van der Waals surface area contributed by atoms with Gasteiger partial charge in [-0.15, -0.1) is 0 Å². The Balaban J connectivity index is 4.07. The fourth-order valence-electron chi connectivity index (χ4n) is 0.749. The second-order valence-corrected chi connectivity index (χ2v) is 4.51. The molecule has 0 aromatic heterocycles. The van der Waals surface area contributed by atoms with Gasteiger partial charge in [0.2, 0.25) is 0 Å². The van der Waals surface area contributed by atoms with E-state index in [1.165, 1.54) is 0 Å². The van der Waals surface area contributed by atoms with E-state index in [4.69, 9.17) is 0 Å². The SMILES string of the molecule is CC(C)C(C)C(C)[SH](=O)=O. The number of thiol groups is 1. The van der Waals surface area contributed by atoms with Crippen molar-refractivity contribution in [3.8, 4) is 0 Å². The van der Waals surface area contributed by atoms with Crippen LogP contribution in [-0.2, 0) is 10.7 Å². The standard InChI is InChI=1S/C7H16O2S/c1-5(2)6(3)7(4)10(8)9/h5-7,10H,1-4H3. The number of rotatable bonds is 3. The Kier molecular flexibility index (Phi) is 3.94. The first-order chi connectivity index (χ1) is 4.46. The summed E-state index contributed by atoms with van der Waals surface area (Å²) in [7, 11) is -2.23. The van der Waals surface area contributed by atoms with Crippen molar-refractivity contribution in [2.45, 2.75) is 32.9 Å². The molecule has 0 amide bonds. The molecule has 0 N–H and O–H groups in total. The average Bonchev–Trinajstić information content (AvgIpc) is 1.84. The van der Waals surface area contributed by atoms with E-state index >= 15 is 0 Å². The molecule has 2 atom stereocenters. The van der Waals surface area contributed by atoms with Crippen molar-refractivity contribution in [3.05, 3.63) is 0 Å². The van der Waals surface area contributed by atoms with Crippen molar-refractivity contribution >= 4 is 10.7 Å². The topological polar surface area (TPSA) is 34.1 Å². The molecule has 0 aliphatic rings. The van der Waals surface area contributed by atoms with Crippen molar-refractivity contribution in [2.75, 3.05) is 0 Å². The van der Waals surface area contributed by atoms with Gasteiger partial charge in [-0.1, -0.05) is 20.8 Å². The van der Waals surface area contributed by atoms with Gasteiger partial charge in [0, 0.05) is 0 Å². The van der Waals surface area contributed by atoms with E-state index in [2.05, 4.69) is 0 Å². The van der Waals surface area contributed by atoms with Crippen LogP contribution in [0.3, 0.4) is 0 Å². The van der Waals surface area contributed by atoms with Gasteiger partial charge in [-0.2, -0.15) is 0 Å². The van der Waals surface area contributed by atoms with Crippen molar-refractivity contribution in [1.29, 1.82) is 0 Å². The normalized spacial score (nSPS) is 17.8. The Morgan fingerprint density at radius 2 is 1.40 bits per heavy atom. The molecule has 0 saturated carbocycles. The van der Waals surface area contributed by atoms with E-state index in [0.29, 0.717) is 5.92 Å². The van der Waals surface area contributed by atoms with Gasteiger partial charge in [-0.05, 0) is 18.8 Å². The van der Waals surface area contributed by atoms with Crippen LogP contribution in [0.4, 0.5) is 0 Å². The van der Waals surface area contributed by atoms with Crippen molar-refractivity contribution < 1.29 is 8.42 Å². The van der Waals surface area contributed by atoms with Crippen LogP contribution >= 0.6 is 0 Å². The highest BCUT2D eigenvalue weighted by molar-refractivity contribution is 7.73. The average molecular weight is 164 g/mol. The zero-order valence-corrected chi connectivity index (χ0v) is 7.89. The molecule has 0 rings (SSSR count). The van der Waals surface area contributed by atoms with E-state index in [1.807, 2.05) is 20.8 Å². The molecule has 0 saturated heterocycles. The molecular weight excluding hydrogens is 148 g/mol. The van der Waals surface area contributed by atoms with E-state index in [1.54, 1.807) is 6.92 Å². The second-order valence-electron chi connectivity index (χ2n) is 3.13. The Labute approximate surface area is 64.6 Å². The van der Waals surface area contributed by atoms with Crippen LogP contribution < -0.4 is 0 Å². The lowest BCUT2D eigenvalue weighted by atomic mass is 9.95. The van der Waals surface area contributed by atoms with Gasteiger partial charge in [0.25, 0.3) is 0 Å². The van der Waals surface area contributed by atoms with Crippen molar-refractivity contribution in [3.63, 3.8) is 0 Å². The molecule has 2 unspecified atom stereocenters. The maximum absolute atomic E-state index is 10.5. The van der Waals surface area contributed by atoms with Gasteiger partial charge in [-0.3, -0.25) is 0 Å². The highest BCUT2D eigenvalue weighted by Crippen LogP contribution is 2.15. The van der Waals surface area contributed by atoms with E-state index < -0.39 is 10.7 Å². The number of hydrogen-bond donors (Lipinski definition) is 1. The lowest BCUT2D eigenvalue weighted by Crippen LogP contribution is -2.20. The van der Waals surface area contributed by atoms with Gasteiger partial charge in [0.1, 0.15) is 10.7 Å². The smallest absolute Gasteiger partial charge is 0.143 e. The molecule has 0 aliphatic carbocycles. The fourth-order valence-corrected chi connectivity index (χ4v) is 1.48. The third-order valence-electron chi connectivity index (χ3n) is 2.15. The van der Waals surface area contributed by atoms with Gasteiger partial charge >= 0.3 is 0 Å². The molecule has 0 bridgehead atoms. The molecule has 62 valence electrons. The Bertz CT molecular complexity index is 153. The minimum absolute atomic E-state index is 0.185. The van der Waals surface area contributed by atoms with Gasteiger partial charge in [0.05, 0.1) is 5.25 Å². The zero-order chi connectivity index (χ0) is 8.31. The monoisotopic (exact) mass is 164 g/mol. The summed E-state index contributed by atoms with van der Waals surface area (Å²) in [5.41, 5.74) is 0. The maximum Gasteiger partial charge on any atom is 0.143 e. The van der Waals surface area contributed by atoms with Crippen LogP contribution in [-0.4, -0.2) is 13.7 Å². The largest absolute Gasteiger partial charge is 0.232 e. The first-order valence-corrected chi connectivity index (χ1v) is 4.85. The second kappa shape index (κ2) is 3.96. The fraction of sp³-hybridized carbons (Fsp3) is 1.00. The minimum Gasteiger partial charge on any atom is -0.232 e. The van der Waals surface area contributed by atoms with Crippen molar-refractivity contribution in [1.82, 2.24) is 0 Å². The molecule has 0 aromatic rings.